The van der Waals surface area contributed by atoms with Crippen LogP contribution in [0.2, 0.25) is 0 Å². The molecular formula is C17H18O4. The van der Waals surface area contributed by atoms with Gasteiger partial charge in [-0.3, -0.25) is 0 Å². The van der Waals surface area contributed by atoms with E-state index >= 15 is 0 Å². The second-order valence-electron chi connectivity index (χ2n) is 4.89. The van der Waals surface area contributed by atoms with Crippen LogP contribution in [0.15, 0.2) is 30.3 Å². The molecule has 0 bridgehead atoms. The summed E-state index contributed by atoms with van der Waals surface area (Å²) in [5.74, 6) is 0.490. The van der Waals surface area contributed by atoms with Gasteiger partial charge in [0, 0.05) is 6.07 Å². The molecule has 0 unspecified atom stereocenters. The number of benzene rings is 2. The van der Waals surface area contributed by atoms with Gasteiger partial charge >= 0.3 is 5.97 Å². The van der Waals surface area contributed by atoms with Crippen molar-refractivity contribution in [1.82, 2.24) is 0 Å². The van der Waals surface area contributed by atoms with Crippen LogP contribution in [0, 0.1) is 13.8 Å². The number of carboxylic acid groups (broad SMARTS) is 1. The van der Waals surface area contributed by atoms with Gasteiger partial charge in [-0.15, -0.1) is 0 Å². The Morgan fingerprint density at radius 1 is 0.857 bits per heavy atom. The number of ether oxygens (including phenoxy) is 2. The van der Waals surface area contributed by atoms with Crippen LogP contribution < -0.4 is 9.47 Å². The van der Waals surface area contributed by atoms with Gasteiger partial charge < -0.3 is 14.6 Å². The highest BCUT2D eigenvalue weighted by atomic mass is 16.5. The van der Waals surface area contributed by atoms with Gasteiger partial charge in [0.15, 0.2) is 0 Å². The number of rotatable bonds is 4. The molecule has 0 aliphatic carbocycles. The number of carbonyl (C=O) groups is 1. The van der Waals surface area contributed by atoms with E-state index in [0.717, 1.165) is 22.3 Å². The molecule has 0 aliphatic rings. The van der Waals surface area contributed by atoms with Crippen molar-refractivity contribution in [2.45, 2.75) is 13.8 Å². The summed E-state index contributed by atoms with van der Waals surface area (Å²) in [6.45, 7) is 3.61. The molecule has 2 rings (SSSR count). The van der Waals surface area contributed by atoms with Crippen molar-refractivity contribution < 1.29 is 19.4 Å². The van der Waals surface area contributed by atoms with Crippen molar-refractivity contribution in [3.8, 4) is 22.6 Å². The number of aryl methyl sites for hydroxylation is 2. The molecule has 0 saturated carbocycles. The van der Waals surface area contributed by atoms with Gasteiger partial charge in [-0.25, -0.2) is 4.79 Å². The Labute approximate surface area is 123 Å². The van der Waals surface area contributed by atoms with Gasteiger partial charge in [0.05, 0.1) is 19.8 Å². The topological polar surface area (TPSA) is 55.8 Å². The molecule has 2 aromatic rings. The lowest BCUT2D eigenvalue weighted by molar-refractivity contribution is 0.0695. The highest BCUT2D eigenvalue weighted by molar-refractivity contribution is 5.92. The summed E-state index contributed by atoms with van der Waals surface area (Å²) in [5.41, 5.74) is 3.69. The van der Waals surface area contributed by atoms with E-state index in [9.17, 15) is 9.90 Å². The van der Waals surface area contributed by atoms with Crippen LogP contribution in [0.4, 0.5) is 0 Å². The maximum absolute atomic E-state index is 11.3. The molecule has 2 aromatic carbocycles. The summed E-state index contributed by atoms with van der Waals surface area (Å²) in [6.07, 6.45) is 0. The van der Waals surface area contributed by atoms with E-state index in [1.807, 2.05) is 24.3 Å². The van der Waals surface area contributed by atoms with Crippen molar-refractivity contribution in [1.29, 1.82) is 0 Å². The first kappa shape index (κ1) is 14.9. The molecule has 110 valence electrons. The Kier molecular flexibility index (Phi) is 4.17. The van der Waals surface area contributed by atoms with E-state index in [0.29, 0.717) is 17.1 Å². The zero-order valence-electron chi connectivity index (χ0n) is 12.6. The first-order valence-corrected chi connectivity index (χ1v) is 6.54. The molecule has 0 amide bonds. The Morgan fingerprint density at radius 2 is 1.29 bits per heavy atom. The molecule has 0 heterocycles. The quantitative estimate of drug-likeness (QED) is 0.931. The maximum atomic E-state index is 11.3. The summed E-state index contributed by atoms with van der Waals surface area (Å²) in [5, 5.41) is 9.23. The first-order valence-electron chi connectivity index (χ1n) is 6.54. The lowest BCUT2D eigenvalue weighted by Gasteiger charge is -2.12. The number of hydrogen-bond donors (Lipinski definition) is 1. The summed E-state index contributed by atoms with van der Waals surface area (Å²) in [7, 11) is 3.20. The minimum absolute atomic E-state index is 0.355. The van der Waals surface area contributed by atoms with E-state index < -0.39 is 5.97 Å². The summed E-state index contributed by atoms with van der Waals surface area (Å²) >= 11 is 0. The second-order valence-corrected chi connectivity index (χ2v) is 4.89. The molecular weight excluding hydrogens is 268 g/mol. The Balaban J connectivity index is 2.59. The lowest BCUT2D eigenvalue weighted by Crippen LogP contribution is -2.03. The highest BCUT2D eigenvalue weighted by Gasteiger charge is 2.13. The van der Waals surface area contributed by atoms with Crippen molar-refractivity contribution in [2.24, 2.45) is 0 Å². The van der Waals surface area contributed by atoms with E-state index in [1.165, 1.54) is 0 Å². The fraction of sp³-hybridized carbons (Fsp3) is 0.235. The standard InChI is InChI=1S/C17H18O4/c1-10-5-12(6-11(2)16(10)17(18)19)13-7-14(20-3)9-15(8-13)21-4/h5-9H,1-4H3,(H,18,19). The minimum Gasteiger partial charge on any atom is -0.497 e. The number of methoxy groups -OCH3 is 2. The Morgan fingerprint density at radius 3 is 1.67 bits per heavy atom. The Bertz CT molecular complexity index is 644. The van der Waals surface area contributed by atoms with Crippen LogP contribution in [0.1, 0.15) is 21.5 Å². The molecule has 0 aromatic heterocycles. The molecule has 4 nitrogen and oxygen atoms in total. The van der Waals surface area contributed by atoms with Gasteiger partial charge in [0.2, 0.25) is 0 Å². The molecule has 21 heavy (non-hydrogen) atoms. The lowest BCUT2D eigenvalue weighted by atomic mass is 9.95. The van der Waals surface area contributed by atoms with Crippen LogP contribution in [-0.2, 0) is 0 Å². The first-order chi connectivity index (χ1) is 9.96. The summed E-state index contributed by atoms with van der Waals surface area (Å²) in [4.78, 5) is 11.3. The predicted octanol–water partition coefficient (Wildman–Crippen LogP) is 3.69. The minimum atomic E-state index is -0.903. The molecule has 0 saturated heterocycles. The molecule has 0 radical (unpaired) electrons. The largest absolute Gasteiger partial charge is 0.497 e. The van der Waals surface area contributed by atoms with Crippen LogP contribution >= 0.6 is 0 Å². The van der Waals surface area contributed by atoms with Crippen molar-refractivity contribution in [2.75, 3.05) is 14.2 Å². The normalized spacial score (nSPS) is 10.3. The van der Waals surface area contributed by atoms with E-state index in [-0.39, 0.29) is 0 Å². The third-order valence-electron chi connectivity index (χ3n) is 3.43. The summed E-state index contributed by atoms with van der Waals surface area (Å²) in [6, 6.07) is 9.33. The molecule has 0 fully saturated rings. The zero-order chi connectivity index (χ0) is 15.6. The number of aromatic carboxylic acids is 1. The second kappa shape index (κ2) is 5.87. The van der Waals surface area contributed by atoms with Gasteiger partial charge in [0.25, 0.3) is 0 Å². The molecule has 1 N–H and O–H groups in total. The van der Waals surface area contributed by atoms with Crippen LogP contribution in [0.5, 0.6) is 11.5 Å². The monoisotopic (exact) mass is 286 g/mol. The highest BCUT2D eigenvalue weighted by Crippen LogP contribution is 2.31. The maximum Gasteiger partial charge on any atom is 0.336 e. The average molecular weight is 286 g/mol. The van der Waals surface area contributed by atoms with E-state index in [2.05, 4.69) is 0 Å². The van der Waals surface area contributed by atoms with Gasteiger partial charge in [-0.1, -0.05) is 12.1 Å². The average Bonchev–Trinajstić information content (AvgIpc) is 2.45. The predicted molar refractivity (Wildman–Crippen MR) is 81.4 cm³/mol. The fourth-order valence-electron chi connectivity index (χ4n) is 2.44. The number of hydrogen-bond acceptors (Lipinski definition) is 3. The molecule has 0 spiro atoms. The molecule has 0 aliphatic heterocycles. The van der Waals surface area contributed by atoms with Gasteiger partial charge in [-0.05, 0) is 48.2 Å². The van der Waals surface area contributed by atoms with Gasteiger partial charge in [0.1, 0.15) is 11.5 Å². The Hall–Kier alpha value is -2.49. The van der Waals surface area contributed by atoms with Crippen LogP contribution in [0.3, 0.4) is 0 Å². The summed E-state index contributed by atoms with van der Waals surface area (Å²) < 4.78 is 10.5. The van der Waals surface area contributed by atoms with Crippen molar-refractivity contribution in [3.05, 3.63) is 47.0 Å². The van der Waals surface area contributed by atoms with Crippen molar-refractivity contribution in [3.63, 3.8) is 0 Å². The molecule has 0 atom stereocenters. The van der Waals surface area contributed by atoms with E-state index in [1.54, 1.807) is 34.1 Å². The van der Waals surface area contributed by atoms with E-state index in [4.69, 9.17) is 9.47 Å². The number of carboxylic acids is 1. The SMILES string of the molecule is COc1cc(OC)cc(-c2cc(C)c(C(=O)O)c(C)c2)c1. The zero-order valence-corrected chi connectivity index (χ0v) is 12.6. The van der Waals surface area contributed by atoms with Crippen LogP contribution in [0.25, 0.3) is 11.1 Å². The smallest absolute Gasteiger partial charge is 0.336 e. The van der Waals surface area contributed by atoms with Crippen molar-refractivity contribution >= 4 is 5.97 Å². The third-order valence-corrected chi connectivity index (χ3v) is 3.43. The third kappa shape index (κ3) is 2.99. The van der Waals surface area contributed by atoms with Crippen LogP contribution in [-0.4, -0.2) is 25.3 Å². The van der Waals surface area contributed by atoms with Gasteiger partial charge in [-0.2, -0.15) is 0 Å². The fourth-order valence-corrected chi connectivity index (χ4v) is 2.44. The molecule has 4 heteroatoms.